The van der Waals surface area contributed by atoms with Crippen molar-refractivity contribution in [3.05, 3.63) is 29.8 Å². The molecule has 1 aromatic carbocycles. The lowest BCUT2D eigenvalue weighted by Gasteiger charge is -2.14. The highest BCUT2D eigenvalue weighted by Crippen LogP contribution is 2.13. The molecule has 4 heteroatoms. The lowest BCUT2D eigenvalue weighted by Crippen LogP contribution is -2.29. The topological polar surface area (TPSA) is 32.3 Å². The van der Waals surface area contributed by atoms with Crippen molar-refractivity contribution in [3.63, 3.8) is 0 Å². The number of halogens is 1. The summed E-state index contributed by atoms with van der Waals surface area (Å²) >= 11 is 3.55. The first-order chi connectivity index (χ1) is 8.54. The number of carbonyl (C=O) groups is 1. The van der Waals surface area contributed by atoms with Crippen molar-refractivity contribution in [1.29, 1.82) is 0 Å². The molecule has 0 aliphatic rings. The summed E-state index contributed by atoms with van der Waals surface area (Å²) in [5, 5.41) is 2.95. The van der Waals surface area contributed by atoms with E-state index in [1.54, 1.807) is 0 Å². The maximum absolute atomic E-state index is 12.0. The van der Waals surface area contributed by atoms with E-state index in [1.165, 1.54) is 0 Å². The molecule has 100 valence electrons. The molecule has 0 saturated carbocycles. The monoisotopic (exact) mass is 312 g/mol. The van der Waals surface area contributed by atoms with Gasteiger partial charge >= 0.3 is 0 Å². The highest BCUT2D eigenvalue weighted by atomic mass is 79.9. The number of benzene rings is 1. The third kappa shape index (κ3) is 4.69. The van der Waals surface area contributed by atoms with Crippen LogP contribution in [0.2, 0.25) is 0 Å². The first kappa shape index (κ1) is 15.0. The zero-order chi connectivity index (χ0) is 13.5. The number of nitrogens with one attached hydrogen (secondary N) is 1. The molecular formula is C14H21BrN2O. The molecule has 1 rings (SSSR count). The minimum Gasteiger partial charge on any atom is -0.378 e. The second-order valence-electron chi connectivity index (χ2n) is 4.54. The van der Waals surface area contributed by atoms with Crippen LogP contribution < -0.4 is 10.2 Å². The molecule has 18 heavy (non-hydrogen) atoms. The molecule has 0 heterocycles. The minimum atomic E-state index is -0.0146. The second kappa shape index (κ2) is 7.41. The molecule has 0 fully saturated rings. The van der Waals surface area contributed by atoms with E-state index < -0.39 is 0 Å². The third-order valence-electron chi connectivity index (χ3n) is 2.71. The molecule has 0 bridgehead atoms. The zero-order valence-electron chi connectivity index (χ0n) is 11.2. The van der Waals surface area contributed by atoms with Crippen molar-refractivity contribution < 1.29 is 4.79 Å². The van der Waals surface area contributed by atoms with Crippen LogP contribution in [0.1, 0.15) is 30.1 Å². The largest absolute Gasteiger partial charge is 0.378 e. The predicted molar refractivity (Wildman–Crippen MR) is 80.7 cm³/mol. The fourth-order valence-corrected chi connectivity index (χ4v) is 2.27. The van der Waals surface area contributed by atoms with Gasteiger partial charge < -0.3 is 10.2 Å². The standard InChI is InChI=1S/C14H21BrN2O/c1-4-6-12(15)10-16-14(18)11-7-5-8-13(9-11)17(2)3/h5,7-9,12H,4,6,10H2,1-3H3,(H,16,18). The Kier molecular flexibility index (Phi) is 6.19. The van der Waals surface area contributed by atoms with E-state index in [1.807, 2.05) is 43.3 Å². The van der Waals surface area contributed by atoms with Crippen LogP contribution >= 0.6 is 15.9 Å². The lowest BCUT2D eigenvalue weighted by molar-refractivity contribution is 0.0953. The molecule has 0 aliphatic heterocycles. The van der Waals surface area contributed by atoms with Crippen LogP contribution in [0.4, 0.5) is 5.69 Å². The Morgan fingerprint density at radius 1 is 1.44 bits per heavy atom. The highest BCUT2D eigenvalue weighted by molar-refractivity contribution is 9.09. The Hall–Kier alpha value is -1.03. The van der Waals surface area contributed by atoms with Gasteiger partial charge in [-0.15, -0.1) is 0 Å². The van der Waals surface area contributed by atoms with Gasteiger partial charge in [-0.1, -0.05) is 35.3 Å². The minimum absolute atomic E-state index is 0.0146. The average molecular weight is 313 g/mol. The van der Waals surface area contributed by atoms with E-state index in [2.05, 4.69) is 28.2 Å². The Balaban J connectivity index is 2.58. The van der Waals surface area contributed by atoms with E-state index in [9.17, 15) is 4.79 Å². The normalized spacial score (nSPS) is 12.0. The Labute approximate surface area is 118 Å². The van der Waals surface area contributed by atoms with Gasteiger partial charge in [0.05, 0.1) is 0 Å². The van der Waals surface area contributed by atoms with Crippen molar-refractivity contribution in [1.82, 2.24) is 5.32 Å². The molecule has 1 unspecified atom stereocenters. The summed E-state index contributed by atoms with van der Waals surface area (Å²) in [6.45, 7) is 2.80. The van der Waals surface area contributed by atoms with Crippen molar-refractivity contribution in [2.75, 3.05) is 25.5 Å². The van der Waals surface area contributed by atoms with Gasteiger partial charge in [0, 0.05) is 36.7 Å². The van der Waals surface area contributed by atoms with Crippen molar-refractivity contribution >= 4 is 27.5 Å². The highest BCUT2D eigenvalue weighted by Gasteiger charge is 2.09. The van der Waals surface area contributed by atoms with Crippen LogP contribution in [0, 0.1) is 0 Å². The smallest absolute Gasteiger partial charge is 0.251 e. The summed E-state index contributed by atoms with van der Waals surface area (Å²) < 4.78 is 0. The van der Waals surface area contributed by atoms with Crippen LogP contribution in [-0.2, 0) is 0 Å². The number of anilines is 1. The van der Waals surface area contributed by atoms with Gasteiger partial charge in [-0.3, -0.25) is 4.79 Å². The fourth-order valence-electron chi connectivity index (χ4n) is 1.65. The number of amides is 1. The van der Waals surface area contributed by atoms with Gasteiger partial charge in [0.1, 0.15) is 0 Å². The van der Waals surface area contributed by atoms with Crippen LogP contribution in [0.3, 0.4) is 0 Å². The molecule has 0 spiro atoms. The van der Waals surface area contributed by atoms with E-state index in [0.717, 1.165) is 18.5 Å². The SMILES string of the molecule is CCCC(Br)CNC(=O)c1cccc(N(C)C)c1. The zero-order valence-corrected chi connectivity index (χ0v) is 12.8. The molecule has 1 amide bonds. The van der Waals surface area contributed by atoms with E-state index in [4.69, 9.17) is 0 Å². The van der Waals surface area contributed by atoms with Crippen LogP contribution in [0.25, 0.3) is 0 Å². The van der Waals surface area contributed by atoms with Crippen molar-refractivity contribution in [3.8, 4) is 0 Å². The van der Waals surface area contributed by atoms with E-state index >= 15 is 0 Å². The number of rotatable bonds is 6. The molecule has 1 aromatic rings. The van der Waals surface area contributed by atoms with Gasteiger partial charge in [-0.2, -0.15) is 0 Å². The molecule has 0 saturated heterocycles. The summed E-state index contributed by atoms with van der Waals surface area (Å²) in [7, 11) is 3.93. The molecule has 1 atom stereocenters. The van der Waals surface area contributed by atoms with E-state index in [0.29, 0.717) is 16.9 Å². The summed E-state index contributed by atoms with van der Waals surface area (Å²) in [5.74, 6) is -0.0146. The average Bonchev–Trinajstić information content (AvgIpc) is 2.36. The Morgan fingerprint density at radius 2 is 2.17 bits per heavy atom. The Morgan fingerprint density at radius 3 is 2.78 bits per heavy atom. The van der Waals surface area contributed by atoms with Gasteiger partial charge in [-0.25, -0.2) is 0 Å². The molecule has 3 nitrogen and oxygen atoms in total. The summed E-state index contributed by atoms with van der Waals surface area (Å²) in [5.41, 5.74) is 1.74. The van der Waals surface area contributed by atoms with Gasteiger partial charge in [-0.05, 0) is 24.6 Å². The van der Waals surface area contributed by atoms with Crippen LogP contribution in [-0.4, -0.2) is 31.4 Å². The van der Waals surface area contributed by atoms with Gasteiger partial charge in [0.25, 0.3) is 5.91 Å². The lowest BCUT2D eigenvalue weighted by atomic mass is 10.1. The summed E-state index contributed by atoms with van der Waals surface area (Å²) in [6, 6.07) is 7.63. The van der Waals surface area contributed by atoms with Crippen LogP contribution in [0.5, 0.6) is 0 Å². The summed E-state index contributed by atoms with van der Waals surface area (Å²) in [6.07, 6.45) is 2.18. The van der Waals surface area contributed by atoms with E-state index in [-0.39, 0.29) is 5.91 Å². The van der Waals surface area contributed by atoms with Crippen LogP contribution in [0.15, 0.2) is 24.3 Å². The third-order valence-corrected chi connectivity index (χ3v) is 3.49. The number of hydrogen-bond donors (Lipinski definition) is 1. The Bertz CT molecular complexity index is 393. The first-order valence-corrected chi connectivity index (χ1v) is 7.15. The first-order valence-electron chi connectivity index (χ1n) is 6.24. The number of carbonyl (C=O) groups excluding carboxylic acids is 1. The number of alkyl halides is 1. The quantitative estimate of drug-likeness (QED) is 0.819. The maximum atomic E-state index is 12.0. The molecule has 1 N–H and O–H groups in total. The molecule has 0 radical (unpaired) electrons. The number of hydrogen-bond acceptors (Lipinski definition) is 2. The molecule has 0 aromatic heterocycles. The molecular weight excluding hydrogens is 292 g/mol. The van der Waals surface area contributed by atoms with Crippen molar-refractivity contribution in [2.45, 2.75) is 24.6 Å². The second-order valence-corrected chi connectivity index (χ2v) is 5.84. The fraction of sp³-hybridized carbons (Fsp3) is 0.500. The molecule has 0 aliphatic carbocycles. The van der Waals surface area contributed by atoms with Gasteiger partial charge in [0.15, 0.2) is 0 Å². The van der Waals surface area contributed by atoms with Gasteiger partial charge in [0.2, 0.25) is 0 Å². The number of nitrogens with zero attached hydrogens (tertiary/aromatic N) is 1. The van der Waals surface area contributed by atoms with Crippen molar-refractivity contribution in [2.24, 2.45) is 0 Å². The summed E-state index contributed by atoms with van der Waals surface area (Å²) in [4.78, 5) is 14.3. The predicted octanol–water partition coefficient (Wildman–Crippen LogP) is 3.05. The maximum Gasteiger partial charge on any atom is 0.251 e.